The molecule has 0 saturated carbocycles. The predicted molar refractivity (Wildman–Crippen MR) is 147 cm³/mol. The summed E-state index contributed by atoms with van der Waals surface area (Å²) in [4.78, 5) is 2.59. The van der Waals surface area contributed by atoms with Crippen molar-refractivity contribution in [2.75, 3.05) is 31.5 Å². The molecule has 1 saturated heterocycles. The molecule has 0 unspecified atom stereocenters. The number of ether oxygens (including phenoxy) is 1. The van der Waals surface area contributed by atoms with Crippen LogP contribution < -0.4 is 10.1 Å². The van der Waals surface area contributed by atoms with Crippen LogP contribution >= 0.6 is 0 Å². The van der Waals surface area contributed by atoms with Gasteiger partial charge in [-0.2, -0.15) is 0 Å². The summed E-state index contributed by atoms with van der Waals surface area (Å²) in [5, 5.41) is 25.0. The molecule has 0 spiro atoms. The smallest absolute Gasteiger partial charge is 0.143 e. The zero-order valence-corrected chi connectivity index (χ0v) is 20.6. The number of piperidine rings is 1. The van der Waals surface area contributed by atoms with Gasteiger partial charge in [0.25, 0.3) is 0 Å². The molecule has 1 heterocycles. The Kier molecular flexibility index (Phi) is 7.58. The largest absolute Gasteiger partial charge is 0.508 e. The number of rotatable bonds is 9. The molecular weight excluding hydrogens is 448 g/mol. The summed E-state index contributed by atoms with van der Waals surface area (Å²) in [6.07, 6.45) is 6.48. The molecule has 0 bridgehead atoms. The highest BCUT2D eigenvalue weighted by Crippen LogP contribution is 2.41. The number of hydrogen-bond acceptors (Lipinski definition) is 5. The zero-order chi connectivity index (χ0) is 24.7. The Morgan fingerprint density at radius 1 is 0.750 bits per heavy atom. The van der Waals surface area contributed by atoms with Gasteiger partial charge in [-0.15, -0.1) is 0 Å². The number of phenols is 2. The molecular formula is C31H34N2O3. The maximum Gasteiger partial charge on any atom is 0.143 e. The molecule has 5 heteroatoms. The molecule has 0 radical (unpaired) electrons. The predicted octanol–water partition coefficient (Wildman–Crippen LogP) is 7.39. The number of likely N-dealkylation sites (tertiary alicyclic amines) is 1. The number of unbranched alkanes of at least 4 members (excludes halogenated alkanes) is 1. The van der Waals surface area contributed by atoms with Crippen molar-refractivity contribution < 1.29 is 14.9 Å². The third-order valence-corrected chi connectivity index (χ3v) is 6.89. The van der Waals surface area contributed by atoms with E-state index in [1.54, 1.807) is 24.3 Å². The first-order valence-electron chi connectivity index (χ1n) is 12.9. The average Bonchev–Trinajstić information content (AvgIpc) is 2.90. The fourth-order valence-corrected chi connectivity index (χ4v) is 4.90. The van der Waals surface area contributed by atoms with Crippen LogP contribution in [0.15, 0.2) is 78.9 Å². The van der Waals surface area contributed by atoms with Gasteiger partial charge in [0, 0.05) is 23.2 Å². The summed E-state index contributed by atoms with van der Waals surface area (Å²) < 4.78 is 6.44. The van der Waals surface area contributed by atoms with Gasteiger partial charge < -0.3 is 25.2 Å². The highest BCUT2D eigenvalue weighted by Gasteiger charge is 2.13. The van der Waals surface area contributed by atoms with Crippen LogP contribution in [0, 0.1) is 0 Å². The van der Waals surface area contributed by atoms with E-state index >= 15 is 0 Å². The summed E-state index contributed by atoms with van der Waals surface area (Å²) in [6.45, 7) is 4.70. The van der Waals surface area contributed by atoms with Crippen molar-refractivity contribution in [3.63, 3.8) is 0 Å². The van der Waals surface area contributed by atoms with Crippen LogP contribution in [-0.4, -0.2) is 41.3 Å². The molecule has 4 aromatic rings. The second-order valence-corrected chi connectivity index (χ2v) is 9.56. The molecule has 3 N–H and O–H groups in total. The summed E-state index contributed by atoms with van der Waals surface area (Å²) in [7, 11) is 0. The lowest BCUT2D eigenvalue weighted by atomic mass is 9.99. The Bertz CT molecular complexity index is 1280. The van der Waals surface area contributed by atoms with Crippen molar-refractivity contribution in [1.29, 1.82) is 0 Å². The maximum absolute atomic E-state index is 9.95. The number of nitrogens with zero attached hydrogens (tertiary/aromatic N) is 1. The van der Waals surface area contributed by atoms with Crippen LogP contribution in [0.2, 0.25) is 0 Å². The van der Waals surface area contributed by atoms with Gasteiger partial charge in [0.1, 0.15) is 23.0 Å². The second kappa shape index (κ2) is 11.4. The number of hydrogen-bond donors (Lipinski definition) is 3. The van der Waals surface area contributed by atoms with Crippen LogP contribution in [0.3, 0.4) is 0 Å². The van der Waals surface area contributed by atoms with E-state index < -0.39 is 0 Å². The van der Waals surface area contributed by atoms with Crippen molar-refractivity contribution in [2.45, 2.75) is 32.1 Å². The molecule has 1 aliphatic heterocycles. The maximum atomic E-state index is 9.95. The molecule has 0 aromatic heterocycles. The van der Waals surface area contributed by atoms with Crippen LogP contribution in [0.1, 0.15) is 32.1 Å². The molecule has 1 fully saturated rings. The standard InChI is InChI=1S/C31H34N2O3/c34-26-11-6-23(7-12-26)29-16-8-24-22-27(35)13-17-30(24)31(29)36-28-14-9-25(10-15-28)32-18-2-5-21-33-19-3-1-4-20-33/h6-17,22,32,34-35H,1-5,18-21H2. The quantitative estimate of drug-likeness (QED) is 0.217. The normalized spacial score (nSPS) is 14.1. The van der Waals surface area contributed by atoms with Crippen molar-refractivity contribution in [1.82, 2.24) is 4.90 Å². The minimum Gasteiger partial charge on any atom is -0.508 e. The lowest BCUT2D eigenvalue weighted by Crippen LogP contribution is -2.30. The third-order valence-electron chi connectivity index (χ3n) is 6.89. The summed E-state index contributed by atoms with van der Waals surface area (Å²) in [5.41, 5.74) is 2.95. The molecule has 5 nitrogen and oxygen atoms in total. The minimum atomic E-state index is 0.220. The molecule has 186 valence electrons. The van der Waals surface area contributed by atoms with Crippen molar-refractivity contribution in [3.05, 3.63) is 78.9 Å². The van der Waals surface area contributed by atoms with Gasteiger partial charge in [0.05, 0.1) is 0 Å². The van der Waals surface area contributed by atoms with E-state index in [0.29, 0.717) is 0 Å². The second-order valence-electron chi connectivity index (χ2n) is 9.56. The first kappa shape index (κ1) is 24.0. The van der Waals surface area contributed by atoms with Gasteiger partial charge in [0.15, 0.2) is 0 Å². The number of benzene rings is 4. The van der Waals surface area contributed by atoms with E-state index in [1.165, 1.54) is 45.3 Å². The van der Waals surface area contributed by atoms with Crippen LogP contribution in [0.5, 0.6) is 23.0 Å². The Morgan fingerprint density at radius 3 is 2.28 bits per heavy atom. The Morgan fingerprint density at radius 2 is 1.50 bits per heavy atom. The lowest BCUT2D eigenvalue weighted by molar-refractivity contribution is 0.225. The van der Waals surface area contributed by atoms with E-state index in [4.69, 9.17) is 4.74 Å². The van der Waals surface area contributed by atoms with Crippen molar-refractivity contribution >= 4 is 16.5 Å². The first-order chi connectivity index (χ1) is 17.7. The van der Waals surface area contributed by atoms with Gasteiger partial charge in [-0.3, -0.25) is 0 Å². The third kappa shape index (κ3) is 5.92. The zero-order valence-electron chi connectivity index (χ0n) is 20.6. The number of phenolic OH excluding ortho intramolecular Hbond substituents is 2. The summed E-state index contributed by atoms with van der Waals surface area (Å²) >= 11 is 0. The SMILES string of the molecule is Oc1ccc(-c2ccc3cc(O)ccc3c2Oc2ccc(NCCCCN3CCCCC3)cc2)cc1. The van der Waals surface area contributed by atoms with Gasteiger partial charge in [-0.25, -0.2) is 0 Å². The number of fused-ring (bicyclic) bond motifs is 1. The van der Waals surface area contributed by atoms with E-state index in [-0.39, 0.29) is 11.5 Å². The topological polar surface area (TPSA) is 65.0 Å². The average molecular weight is 483 g/mol. The monoisotopic (exact) mass is 482 g/mol. The molecule has 0 aliphatic carbocycles. The van der Waals surface area contributed by atoms with Crippen LogP contribution in [0.4, 0.5) is 5.69 Å². The lowest BCUT2D eigenvalue weighted by Gasteiger charge is -2.26. The van der Waals surface area contributed by atoms with Crippen LogP contribution in [-0.2, 0) is 0 Å². The van der Waals surface area contributed by atoms with Crippen molar-refractivity contribution in [2.24, 2.45) is 0 Å². The Hall–Kier alpha value is -3.70. The molecule has 36 heavy (non-hydrogen) atoms. The van der Waals surface area contributed by atoms with Gasteiger partial charge >= 0.3 is 0 Å². The van der Waals surface area contributed by atoms with E-state index in [2.05, 4.69) is 22.3 Å². The van der Waals surface area contributed by atoms with Gasteiger partial charge in [0.2, 0.25) is 0 Å². The molecule has 5 rings (SSSR count). The number of anilines is 1. The molecule has 0 atom stereocenters. The molecule has 1 aliphatic rings. The fraction of sp³-hybridized carbons (Fsp3) is 0.290. The molecule has 0 amide bonds. The summed E-state index contributed by atoms with van der Waals surface area (Å²) in [6, 6.07) is 24.4. The first-order valence-corrected chi connectivity index (χ1v) is 12.9. The Labute approximate surface area is 213 Å². The van der Waals surface area contributed by atoms with Gasteiger partial charge in [-0.1, -0.05) is 24.6 Å². The highest BCUT2D eigenvalue weighted by atomic mass is 16.5. The van der Waals surface area contributed by atoms with E-state index in [0.717, 1.165) is 52.1 Å². The minimum absolute atomic E-state index is 0.220. The molecule has 4 aromatic carbocycles. The van der Waals surface area contributed by atoms with Crippen LogP contribution in [0.25, 0.3) is 21.9 Å². The number of aromatic hydroxyl groups is 2. The Balaban J connectivity index is 1.27. The highest BCUT2D eigenvalue weighted by molar-refractivity contribution is 5.96. The van der Waals surface area contributed by atoms with E-state index in [9.17, 15) is 10.2 Å². The van der Waals surface area contributed by atoms with Gasteiger partial charge in [-0.05, 0) is 117 Å². The fourth-order valence-electron chi connectivity index (χ4n) is 4.90. The van der Waals surface area contributed by atoms with E-state index in [1.807, 2.05) is 42.5 Å². The van der Waals surface area contributed by atoms with Crippen molar-refractivity contribution in [3.8, 4) is 34.1 Å². The summed E-state index contributed by atoms with van der Waals surface area (Å²) in [5.74, 6) is 1.90. The number of nitrogens with one attached hydrogen (secondary N) is 1.